The number of benzene rings is 2. The Hall–Kier alpha value is -3.19. The van der Waals surface area contributed by atoms with Crippen LogP contribution in [-0.4, -0.2) is 43.6 Å². The number of ether oxygens (including phenoxy) is 1. The van der Waals surface area contributed by atoms with Gasteiger partial charge in [-0.05, 0) is 49.7 Å². The molecule has 3 rings (SSSR count). The molecule has 0 aliphatic rings. The first-order chi connectivity index (χ1) is 15.0. The van der Waals surface area contributed by atoms with Gasteiger partial charge in [0.05, 0.1) is 22.5 Å². The van der Waals surface area contributed by atoms with Crippen molar-refractivity contribution in [1.82, 2.24) is 14.3 Å². The minimum atomic E-state index is -3.72. The standard InChI is InChI=1S/C22H24N4O4S/c1-3-14-23-31(28,29)18-12-10-17(11-13-18)21(27)25-22-24-19-8-5-6-9-20(19)26(22)15-7-16-30-4-2/h1,5-6,8-13,23H,4,7,14-16H2,2H3,(H,24,25,27). The minimum Gasteiger partial charge on any atom is -0.382 e. The number of anilines is 1. The minimum absolute atomic E-state index is 0.0301. The molecule has 0 saturated heterocycles. The summed E-state index contributed by atoms with van der Waals surface area (Å²) in [5.74, 6) is 2.26. The highest BCUT2D eigenvalue weighted by Crippen LogP contribution is 2.21. The quantitative estimate of drug-likeness (QED) is 0.373. The number of rotatable bonds is 10. The molecule has 1 aromatic heterocycles. The van der Waals surface area contributed by atoms with Crippen molar-refractivity contribution in [2.45, 2.75) is 24.8 Å². The van der Waals surface area contributed by atoms with E-state index in [1.54, 1.807) is 0 Å². The Kier molecular flexibility index (Phi) is 7.41. The highest BCUT2D eigenvalue weighted by Gasteiger charge is 2.17. The number of aryl methyl sites for hydroxylation is 1. The second kappa shape index (κ2) is 10.2. The van der Waals surface area contributed by atoms with Gasteiger partial charge in [-0.15, -0.1) is 6.42 Å². The van der Waals surface area contributed by atoms with Crippen molar-refractivity contribution in [3.63, 3.8) is 0 Å². The van der Waals surface area contributed by atoms with Gasteiger partial charge in [-0.1, -0.05) is 18.1 Å². The zero-order valence-corrected chi connectivity index (χ0v) is 18.0. The number of imidazole rings is 1. The lowest BCUT2D eigenvalue weighted by Gasteiger charge is -2.11. The van der Waals surface area contributed by atoms with E-state index in [9.17, 15) is 13.2 Å². The fraction of sp³-hybridized carbons (Fsp3) is 0.273. The van der Waals surface area contributed by atoms with E-state index in [0.29, 0.717) is 31.3 Å². The molecule has 0 unspecified atom stereocenters. The Morgan fingerprint density at radius 3 is 2.65 bits per heavy atom. The molecule has 9 heteroatoms. The molecule has 0 radical (unpaired) electrons. The van der Waals surface area contributed by atoms with Crippen LogP contribution in [0.4, 0.5) is 5.95 Å². The maximum absolute atomic E-state index is 12.8. The van der Waals surface area contributed by atoms with Gasteiger partial charge in [-0.25, -0.2) is 13.4 Å². The second-order valence-corrected chi connectivity index (χ2v) is 8.40. The lowest BCUT2D eigenvalue weighted by molar-refractivity contribution is 0.102. The molecule has 3 aromatic rings. The monoisotopic (exact) mass is 440 g/mol. The van der Waals surface area contributed by atoms with E-state index in [1.165, 1.54) is 24.3 Å². The van der Waals surface area contributed by atoms with Crippen LogP contribution in [0.1, 0.15) is 23.7 Å². The number of nitrogens with one attached hydrogen (secondary N) is 2. The summed E-state index contributed by atoms with van der Waals surface area (Å²) in [6.45, 7) is 3.73. The van der Waals surface area contributed by atoms with Crippen LogP contribution >= 0.6 is 0 Å². The molecule has 2 aromatic carbocycles. The van der Waals surface area contributed by atoms with Crippen LogP contribution in [0, 0.1) is 12.3 Å². The molecule has 2 N–H and O–H groups in total. The van der Waals surface area contributed by atoms with Crippen LogP contribution < -0.4 is 10.0 Å². The molecule has 0 aliphatic carbocycles. The Morgan fingerprint density at radius 2 is 1.94 bits per heavy atom. The molecule has 0 aliphatic heterocycles. The molecule has 1 amide bonds. The number of nitrogens with zero attached hydrogens (tertiary/aromatic N) is 2. The molecule has 0 saturated carbocycles. The summed E-state index contributed by atoms with van der Waals surface area (Å²) in [4.78, 5) is 17.3. The van der Waals surface area contributed by atoms with Crippen LogP contribution in [0.15, 0.2) is 53.4 Å². The lowest BCUT2D eigenvalue weighted by Crippen LogP contribution is -2.24. The smallest absolute Gasteiger partial charge is 0.257 e. The summed E-state index contributed by atoms with van der Waals surface area (Å²) in [6, 6.07) is 13.2. The van der Waals surface area contributed by atoms with Crippen molar-refractivity contribution >= 4 is 32.9 Å². The predicted octanol–water partition coefficient (Wildman–Crippen LogP) is 2.63. The van der Waals surface area contributed by atoms with Crippen LogP contribution in [0.2, 0.25) is 0 Å². The van der Waals surface area contributed by atoms with Gasteiger partial charge in [-0.2, -0.15) is 4.72 Å². The highest BCUT2D eigenvalue weighted by molar-refractivity contribution is 7.89. The first-order valence-corrected chi connectivity index (χ1v) is 11.3. The van der Waals surface area contributed by atoms with Gasteiger partial charge in [0.15, 0.2) is 0 Å². The number of hydrogen-bond donors (Lipinski definition) is 2. The number of sulfonamides is 1. The van der Waals surface area contributed by atoms with Crippen molar-refractivity contribution < 1.29 is 17.9 Å². The summed E-state index contributed by atoms with van der Waals surface area (Å²) in [7, 11) is -3.72. The Labute approximate surface area is 181 Å². The summed E-state index contributed by atoms with van der Waals surface area (Å²) in [5.41, 5.74) is 1.99. The van der Waals surface area contributed by atoms with Gasteiger partial charge in [0.2, 0.25) is 16.0 Å². The van der Waals surface area contributed by atoms with Gasteiger partial charge in [0.1, 0.15) is 0 Å². The van der Waals surface area contributed by atoms with Crippen LogP contribution in [0.25, 0.3) is 11.0 Å². The first-order valence-electron chi connectivity index (χ1n) is 9.84. The molecule has 162 valence electrons. The van der Waals surface area contributed by atoms with E-state index in [0.717, 1.165) is 17.5 Å². The van der Waals surface area contributed by atoms with E-state index < -0.39 is 10.0 Å². The number of para-hydroxylation sites is 2. The number of fused-ring (bicyclic) bond motifs is 1. The number of amides is 1. The third-order valence-corrected chi connectivity index (χ3v) is 5.96. The largest absolute Gasteiger partial charge is 0.382 e. The Bertz CT molecular complexity index is 1190. The SMILES string of the molecule is C#CCNS(=O)(=O)c1ccc(C(=O)Nc2nc3ccccc3n2CCCOCC)cc1. The van der Waals surface area contributed by atoms with Crippen LogP contribution in [0.5, 0.6) is 0 Å². The summed E-state index contributed by atoms with van der Waals surface area (Å²) < 4.78 is 33.9. The van der Waals surface area contributed by atoms with Crippen LogP contribution in [0.3, 0.4) is 0 Å². The number of hydrogen-bond acceptors (Lipinski definition) is 5. The predicted molar refractivity (Wildman–Crippen MR) is 119 cm³/mol. The van der Waals surface area contributed by atoms with E-state index >= 15 is 0 Å². The van der Waals surface area contributed by atoms with Crippen molar-refractivity contribution in [3.05, 3.63) is 54.1 Å². The summed E-state index contributed by atoms with van der Waals surface area (Å²) >= 11 is 0. The van der Waals surface area contributed by atoms with Gasteiger partial charge in [0, 0.05) is 25.3 Å². The van der Waals surface area contributed by atoms with E-state index in [1.807, 2.05) is 35.8 Å². The molecule has 8 nitrogen and oxygen atoms in total. The molecule has 31 heavy (non-hydrogen) atoms. The van der Waals surface area contributed by atoms with Gasteiger partial charge >= 0.3 is 0 Å². The summed E-state index contributed by atoms with van der Waals surface area (Å²) in [5, 5.41) is 2.83. The van der Waals surface area contributed by atoms with Crippen molar-refractivity contribution in [2.75, 3.05) is 25.1 Å². The zero-order chi connectivity index (χ0) is 22.3. The Morgan fingerprint density at radius 1 is 1.19 bits per heavy atom. The van der Waals surface area contributed by atoms with Crippen molar-refractivity contribution in [3.8, 4) is 12.3 Å². The average Bonchev–Trinajstić information content (AvgIpc) is 3.12. The maximum atomic E-state index is 12.8. The molecular formula is C22H24N4O4S. The number of carbonyl (C=O) groups excluding carboxylic acids is 1. The highest BCUT2D eigenvalue weighted by atomic mass is 32.2. The van der Waals surface area contributed by atoms with E-state index in [2.05, 4.69) is 20.9 Å². The average molecular weight is 441 g/mol. The molecule has 0 atom stereocenters. The molecular weight excluding hydrogens is 416 g/mol. The van der Waals surface area contributed by atoms with Crippen LogP contribution in [-0.2, 0) is 21.3 Å². The summed E-state index contributed by atoms with van der Waals surface area (Å²) in [6.07, 6.45) is 5.86. The third kappa shape index (κ3) is 5.49. The normalized spacial score (nSPS) is 11.4. The van der Waals surface area contributed by atoms with Gasteiger partial charge in [-0.3, -0.25) is 10.1 Å². The fourth-order valence-electron chi connectivity index (χ4n) is 3.05. The lowest BCUT2D eigenvalue weighted by atomic mass is 10.2. The number of carbonyl (C=O) groups is 1. The zero-order valence-electron chi connectivity index (χ0n) is 17.2. The number of terminal acetylenes is 1. The molecule has 0 fully saturated rings. The van der Waals surface area contributed by atoms with Gasteiger partial charge < -0.3 is 9.30 Å². The topological polar surface area (TPSA) is 102 Å². The van der Waals surface area contributed by atoms with Crippen molar-refractivity contribution in [2.24, 2.45) is 0 Å². The first kappa shape index (κ1) is 22.5. The van der Waals surface area contributed by atoms with E-state index in [-0.39, 0.29) is 17.3 Å². The van der Waals surface area contributed by atoms with Gasteiger partial charge in [0.25, 0.3) is 5.91 Å². The fourth-order valence-corrected chi connectivity index (χ4v) is 3.98. The third-order valence-electron chi connectivity index (χ3n) is 4.55. The second-order valence-electron chi connectivity index (χ2n) is 6.63. The maximum Gasteiger partial charge on any atom is 0.257 e. The molecule has 0 bridgehead atoms. The molecule has 1 heterocycles. The molecule has 0 spiro atoms. The van der Waals surface area contributed by atoms with Crippen molar-refractivity contribution in [1.29, 1.82) is 0 Å². The Balaban J connectivity index is 1.79. The van der Waals surface area contributed by atoms with E-state index in [4.69, 9.17) is 11.2 Å². The number of aromatic nitrogens is 2.